The zero-order chi connectivity index (χ0) is 11.8. The van der Waals surface area contributed by atoms with Crippen molar-refractivity contribution in [3.05, 3.63) is 27.7 Å². The zero-order valence-corrected chi connectivity index (χ0v) is 11.3. The summed E-state index contributed by atoms with van der Waals surface area (Å²) in [6.07, 6.45) is 3.51. The Kier molecular flexibility index (Phi) is 3.27. The van der Waals surface area contributed by atoms with E-state index in [4.69, 9.17) is 4.74 Å². The van der Waals surface area contributed by atoms with Crippen molar-refractivity contribution in [3.8, 4) is 5.75 Å². The minimum atomic E-state index is -0.446. The number of rotatable bonds is 4. The Morgan fingerprint density at radius 1 is 1.44 bits per heavy atom. The molecule has 1 aromatic carbocycles. The molecule has 1 aliphatic rings. The number of benzene rings is 1. The van der Waals surface area contributed by atoms with Crippen LogP contribution >= 0.6 is 15.9 Å². The predicted molar refractivity (Wildman–Crippen MR) is 68.0 cm³/mol. The van der Waals surface area contributed by atoms with Gasteiger partial charge in [-0.1, -0.05) is 22.9 Å². The molecule has 1 fully saturated rings. The molecular weight excluding hydrogens is 268 g/mol. The lowest BCUT2D eigenvalue weighted by molar-refractivity contribution is 0.151. The zero-order valence-electron chi connectivity index (χ0n) is 9.72. The lowest BCUT2D eigenvalue weighted by atomic mass is 10.0. The van der Waals surface area contributed by atoms with Crippen LogP contribution < -0.4 is 4.74 Å². The van der Waals surface area contributed by atoms with Crippen LogP contribution in [-0.4, -0.2) is 17.8 Å². The van der Waals surface area contributed by atoms with Crippen molar-refractivity contribution in [1.82, 2.24) is 0 Å². The average Bonchev–Trinajstić information content (AvgIpc) is 2.95. The van der Waals surface area contributed by atoms with Gasteiger partial charge in [-0.25, -0.2) is 0 Å². The molecule has 3 heteroatoms. The van der Waals surface area contributed by atoms with Crippen molar-refractivity contribution in [1.29, 1.82) is 0 Å². The Balaban J connectivity index is 2.30. The molecule has 1 saturated carbocycles. The number of halogens is 1. The van der Waals surface area contributed by atoms with Crippen LogP contribution in [0.25, 0.3) is 0 Å². The summed E-state index contributed by atoms with van der Waals surface area (Å²) in [6, 6.07) is 4.14. The van der Waals surface area contributed by atoms with E-state index in [1.807, 2.05) is 6.07 Å². The summed E-state index contributed by atoms with van der Waals surface area (Å²) in [6.45, 7) is 2.11. The molecule has 0 radical (unpaired) electrons. The molecule has 88 valence electrons. The number of aliphatic hydroxyl groups is 1. The van der Waals surface area contributed by atoms with E-state index in [1.165, 1.54) is 5.56 Å². The third-order valence-corrected chi connectivity index (χ3v) is 3.86. The van der Waals surface area contributed by atoms with Gasteiger partial charge in [0.2, 0.25) is 0 Å². The molecule has 0 bridgehead atoms. The first-order valence-corrected chi connectivity index (χ1v) is 6.45. The molecule has 0 heterocycles. The van der Waals surface area contributed by atoms with Gasteiger partial charge in [-0.05, 0) is 37.0 Å². The van der Waals surface area contributed by atoms with E-state index in [2.05, 4.69) is 28.9 Å². The molecular formula is C13H17BrO2. The minimum Gasteiger partial charge on any atom is -0.496 e. The predicted octanol–water partition coefficient (Wildman–Crippen LogP) is 3.09. The van der Waals surface area contributed by atoms with Crippen molar-refractivity contribution in [2.24, 2.45) is 0 Å². The van der Waals surface area contributed by atoms with Crippen molar-refractivity contribution >= 4 is 15.9 Å². The Hall–Kier alpha value is -0.540. The Morgan fingerprint density at radius 3 is 2.62 bits per heavy atom. The van der Waals surface area contributed by atoms with Crippen LogP contribution in [0.3, 0.4) is 0 Å². The van der Waals surface area contributed by atoms with Gasteiger partial charge in [0.15, 0.2) is 0 Å². The highest BCUT2D eigenvalue weighted by molar-refractivity contribution is 9.10. The second kappa shape index (κ2) is 4.38. The Labute approximate surface area is 105 Å². The van der Waals surface area contributed by atoms with Crippen LogP contribution in [0.15, 0.2) is 16.6 Å². The maximum atomic E-state index is 9.91. The molecule has 1 aromatic rings. The minimum absolute atomic E-state index is 0.446. The van der Waals surface area contributed by atoms with Crippen molar-refractivity contribution in [2.75, 3.05) is 7.11 Å². The van der Waals surface area contributed by atoms with Crippen LogP contribution in [0, 0.1) is 0 Å². The third-order valence-electron chi connectivity index (χ3n) is 3.15. The van der Waals surface area contributed by atoms with E-state index in [0.717, 1.165) is 41.5 Å². The maximum Gasteiger partial charge on any atom is 0.123 e. The molecule has 2 nitrogen and oxygen atoms in total. The van der Waals surface area contributed by atoms with E-state index >= 15 is 0 Å². The first-order valence-electron chi connectivity index (χ1n) is 5.65. The van der Waals surface area contributed by atoms with Gasteiger partial charge in [-0.15, -0.1) is 0 Å². The van der Waals surface area contributed by atoms with E-state index in [-0.39, 0.29) is 0 Å². The van der Waals surface area contributed by atoms with E-state index in [9.17, 15) is 5.11 Å². The molecule has 0 aromatic heterocycles. The largest absolute Gasteiger partial charge is 0.496 e. The quantitative estimate of drug-likeness (QED) is 0.921. The fourth-order valence-corrected chi connectivity index (χ4v) is 2.76. The summed E-state index contributed by atoms with van der Waals surface area (Å²) in [5, 5.41) is 9.91. The lowest BCUT2D eigenvalue weighted by Gasteiger charge is -2.13. The van der Waals surface area contributed by atoms with Crippen LogP contribution in [-0.2, 0) is 12.8 Å². The van der Waals surface area contributed by atoms with Crippen LogP contribution in [0.4, 0.5) is 0 Å². The van der Waals surface area contributed by atoms with Gasteiger partial charge in [0.25, 0.3) is 0 Å². The molecule has 16 heavy (non-hydrogen) atoms. The highest BCUT2D eigenvalue weighted by Crippen LogP contribution is 2.40. The van der Waals surface area contributed by atoms with Gasteiger partial charge in [0, 0.05) is 16.5 Å². The first-order chi connectivity index (χ1) is 7.58. The summed E-state index contributed by atoms with van der Waals surface area (Å²) in [5.41, 5.74) is 1.88. The SMILES string of the molecule is CCc1c(Br)cc(CC2(O)CC2)cc1OC. The van der Waals surface area contributed by atoms with Gasteiger partial charge in [-0.2, -0.15) is 0 Å². The molecule has 0 unspecified atom stereocenters. The fourth-order valence-electron chi connectivity index (χ4n) is 1.99. The number of methoxy groups -OCH3 is 1. The smallest absolute Gasteiger partial charge is 0.123 e. The summed E-state index contributed by atoms with van der Waals surface area (Å²) in [4.78, 5) is 0. The molecule has 0 saturated heterocycles. The second-order valence-corrected chi connectivity index (χ2v) is 5.37. The highest BCUT2D eigenvalue weighted by Gasteiger charge is 2.40. The standard InChI is InChI=1S/C13H17BrO2/c1-3-10-11(14)6-9(7-12(10)16-2)8-13(15)4-5-13/h6-7,15H,3-5,8H2,1-2H3. The molecule has 2 rings (SSSR count). The van der Waals surface area contributed by atoms with Gasteiger partial charge in [-0.3, -0.25) is 0 Å². The summed E-state index contributed by atoms with van der Waals surface area (Å²) in [5.74, 6) is 0.913. The monoisotopic (exact) mass is 284 g/mol. The highest BCUT2D eigenvalue weighted by atomic mass is 79.9. The molecule has 0 atom stereocenters. The van der Waals surface area contributed by atoms with Crippen molar-refractivity contribution < 1.29 is 9.84 Å². The van der Waals surface area contributed by atoms with Gasteiger partial charge >= 0.3 is 0 Å². The van der Waals surface area contributed by atoms with Crippen LogP contribution in [0.5, 0.6) is 5.75 Å². The third kappa shape index (κ3) is 2.41. The van der Waals surface area contributed by atoms with Crippen molar-refractivity contribution in [2.45, 2.75) is 38.2 Å². The second-order valence-electron chi connectivity index (χ2n) is 4.51. The Morgan fingerprint density at radius 2 is 2.12 bits per heavy atom. The summed E-state index contributed by atoms with van der Waals surface area (Å²) in [7, 11) is 1.69. The van der Waals surface area contributed by atoms with E-state index < -0.39 is 5.60 Å². The van der Waals surface area contributed by atoms with Gasteiger partial charge in [0.05, 0.1) is 12.7 Å². The number of ether oxygens (including phenoxy) is 1. The molecule has 0 spiro atoms. The topological polar surface area (TPSA) is 29.5 Å². The lowest BCUT2D eigenvalue weighted by Crippen LogP contribution is -2.11. The molecule has 0 amide bonds. The van der Waals surface area contributed by atoms with Gasteiger partial charge < -0.3 is 9.84 Å². The average molecular weight is 285 g/mol. The summed E-state index contributed by atoms with van der Waals surface area (Å²) < 4.78 is 6.46. The molecule has 0 aliphatic heterocycles. The fraction of sp³-hybridized carbons (Fsp3) is 0.538. The van der Waals surface area contributed by atoms with Gasteiger partial charge in [0.1, 0.15) is 5.75 Å². The van der Waals surface area contributed by atoms with E-state index in [1.54, 1.807) is 7.11 Å². The number of hydrogen-bond donors (Lipinski definition) is 1. The Bertz CT molecular complexity index is 397. The maximum absolute atomic E-state index is 9.91. The normalized spacial score (nSPS) is 17.2. The molecule has 1 N–H and O–H groups in total. The summed E-state index contributed by atoms with van der Waals surface area (Å²) >= 11 is 3.57. The molecule has 1 aliphatic carbocycles. The van der Waals surface area contributed by atoms with E-state index in [0.29, 0.717) is 0 Å². The van der Waals surface area contributed by atoms with Crippen molar-refractivity contribution in [3.63, 3.8) is 0 Å². The van der Waals surface area contributed by atoms with Crippen LogP contribution in [0.2, 0.25) is 0 Å². The first kappa shape index (κ1) is 11.9. The van der Waals surface area contributed by atoms with Crippen LogP contribution in [0.1, 0.15) is 30.9 Å². The number of hydrogen-bond acceptors (Lipinski definition) is 2.